The number of aryl methyl sites for hydroxylation is 2. The molecule has 1 saturated carbocycles. The fourth-order valence-corrected chi connectivity index (χ4v) is 3.74. The number of ether oxygens (including phenoxy) is 1. The SMILES string of the molecule is COC1(CC(Cc2ccc3c(c2)CCC3)NN)CCC1. The fraction of sp³-hybridized carbons (Fsp3) is 0.647. The third kappa shape index (κ3) is 2.76. The minimum Gasteiger partial charge on any atom is -0.378 e. The Bertz CT molecular complexity index is 463. The van der Waals surface area contributed by atoms with Gasteiger partial charge < -0.3 is 4.74 Å². The van der Waals surface area contributed by atoms with Crippen LogP contribution in [0.2, 0.25) is 0 Å². The molecule has 3 heteroatoms. The van der Waals surface area contributed by atoms with Gasteiger partial charge in [0.05, 0.1) is 5.60 Å². The highest BCUT2D eigenvalue weighted by Gasteiger charge is 2.38. The maximum atomic E-state index is 5.77. The minimum atomic E-state index is 0.0771. The Labute approximate surface area is 121 Å². The smallest absolute Gasteiger partial charge is 0.0694 e. The number of hydrazine groups is 1. The average Bonchev–Trinajstić information content (AvgIpc) is 2.89. The summed E-state index contributed by atoms with van der Waals surface area (Å²) in [5.74, 6) is 5.77. The van der Waals surface area contributed by atoms with E-state index in [1.165, 1.54) is 44.1 Å². The number of rotatable bonds is 6. The third-order valence-electron chi connectivity index (χ3n) is 5.20. The van der Waals surface area contributed by atoms with Gasteiger partial charge in [0.1, 0.15) is 0 Å². The number of hydrogen-bond acceptors (Lipinski definition) is 3. The Morgan fingerprint density at radius 3 is 2.70 bits per heavy atom. The Morgan fingerprint density at radius 2 is 2.05 bits per heavy atom. The second kappa shape index (κ2) is 5.84. The Balaban J connectivity index is 1.65. The predicted molar refractivity (Wildman–Crippen MR) is 81.5 cm³/mol. The number of nitrogens with two attached hydrogens (primary N) is 1. The molecule has 110 valence electrons. The van der Waals surface area contributed by atoms with Crippen LogP contribution in [-0.2, 0) is 24.0 Å². The van der Waals surface area contributed by atoms with Crippen LogP contribution in [0.1, 0.15) is 48.8 Å². The van der Waals surface area contributed by atoms with Gasteiger partial charge in [0.15, 0.2) is 0 Å². The van der Waals surface area contributed by atoms with E-state index >= 15 is 0 Å². The maximum Gasteiger partial charge on any atom is 0.0694 e. The molecule has 20 heavy (non-hydrogen) atoms. The van der Waals surface area contributed by atoms with Gasteiger partial charge >= 0.3 is 0 Å². The van der Waals surface area contributed by atoms with E-state index in [4.69, 9.17) is 10.6 Å². The normalized spacial score (nSPS) is 21.3. The lowest BCUT2D eigenvalue weighted by molar-refractivity contribution is -0.0834. The molecule has 0 heterocycles. The largest absolute Gasteiger partial charge is 0.378 e. The van der Waals surface area contributed by atoms with Gasteiger partial charge in [-0.2, -0.15) is 0 Å². The van der Waals surface area contributed by atoms with Crippen molar-refractivity contribution < 1.29 is 4.74 Å². The summed E-state index contributed by atoms with van der Waals surface area (Å²) < 4.78 is 5.72. The van der Waals surface area contributed by atoms with Crippen molar-refractivity contribution in [3.63, 3.8) is 0 Å². The molecule has 1 fully saturated rings. The lowest BCUT2D eigenvalue weighted by atomic mass is 9.75. The first-order chi connectivity index (χ1) is 9.74. The third-order valence-corrected chi connectivity index (χ3v) is 5.20. The van der Waals surface area contributed by atoms with E-state index < -0.39 is 0 Å². The summed E-state index contributed by atoms with van der Waals surface area (Å²) in [6.45, 7) is 0. The highest BCUT2D eigenvalue weighted by Crippen LogP contribution is 2.39. The van der Waals surface area contributed by atoms with Crippen LogP contribution in [0.3, 0.4) is 0 Å². The number of hydrogen-bond donors (Lipinski definition) is 2. The van der Waals surface area contributed by atoms with Crippen LogP contribution in [0.25, 0.3) is 0 Å². The molecule has 0 spiro atoms. The second-order valence-electron chi connectivity index (χ2n) is 6.47. The highest BCUT2D eigenvalue weighted by molar-refractivity contribution is 5.35. The molecule has 2 aliphatic rings. The average molecular weight is 274 g/mol. The van der Waals surface area contributed by atoms with Crippen LogP contribution in [0, 0.1) is 0 Å². The van der Waals surface area contributed by atoms with E-state index in [2.05, 4.69) is 23.6 Å². The summed E-state index contributed by atoms with van der Waals surface area (Å²) in [6.07, 6.45) is 9.44. The number of methoxy groups -OCH3 is 1. The fourth-order valence-electron chi connectivity index (χ4n) is 3.74. The molecule has 1 unspecified atom stereocenters. The molecule has 0 bridgehead atoms. The standard InChI is InChI=1S/C17H26N2O/c1-20-17(8-3-9-17)12-16(19-18)11-13-6-7-14-4-2-5-15(14)10-13/h6-7,10,16,19H,2-5,8-9,11-12,18H2,1H3. The van der Waals surface area contributed by atoms with Gasteiger partial charge in [0, 0.05) is 13.2 Å². The first-order valence-electron chi connectivity index (χ1n) is 7.87. The Morgan fingerprint density at radius 1 is 1.25 bits per heavy atom. The van der Waals surface area contributed by atoms with Gasteiger partial charge in [-0.3, -0.25) is 11.3 Å². The molecule has 3 rings (SSSR count). The van der Waals surface area contributed by atoms with Gasteiger partial charge in [-0.05, 0) is 68.1 Å². The molecule has 3 N–H and O–H groups in total. The van der Waals surface area contributed by atoms with Crippen molar-refractivity contribution in [3.05, 3.63) is 34.9 Å². The monoisotopic (exact) mass is 274 g/mol. The van der Waals surface area contributed by atoms with Crippen LogP contribution in [0.15, 0.2) is 18.2 Å². The van der Waals surface area contributed by atoms with E-state index in [9.17, 15) is 0 Å². The van der Waals surface area contributed by atoms with Crippen molar-refractivity contribution in [2.75, 3.05) is 7.11 Å². The Hall–Kier alpha value is -0.900. The molecule has 0 saturated heterocycles. The van der Waals surface area contributed by atoms with Crippen LogP contribution in [0.4, 0.5) is 0 Å². The molecule has 0 amide bonds. The zero-order chi connectivity index (χ0) is 14.0. The van der Waals surface area contributed by atoms with Gasteiger partial charge in [-0.1, -0.05) is 18.2 Å². The van der Waals surface area contributed by atoms with Crippen molar-refractivity contribution in [3.8, 4) is 0 Å². The van der Waals surface area contributed by atoms with Crippen LogP contribution < -0.4 is 11.3 Å². The molecule has 3 nitrogen and oxygen atoms in total. The summed E-state index contributed by atoms with van der Waals surface area (Å²) in [7, 11) is 1.84. The molecule has 1 aromatic carbocycles. The maximum absolute atomic E-state index is 5.77. The molecule has 0 aromatic heterocycles. The van der Waals surface area contributed by atoms with Gasteiger partial charge in [-0.15, -0.1) is 0 Å². The zero-order valence-corrected chi connectivity index (χ0v) is 12.5. The van der Waals surface area contributed by atoms with Crippen molar-refractivity contribution in [1.29, 1.82) is 0 Å². The molecule has 0 radical (unpaired) electrons. The molecular formula is C17H26N2O. The van der Waals surface area contributed by atoms with Crippen molar-refractivity contribution >= 4 is 0 Å². The molecular weight excluding hydrogens is 248 g/mol. The quantitative estimate of drug-likeness (QED) is 0.619. The van der Waals surface area contributed by atoms with Crippen LogP contribution in [-0.4, -0.2) is 18.8 Å². The first-order valence-corrected chi connectivity index (χ1v) is 7.87. The van der Waals surface area contributed by atoms with Crippen molar-refractivity contribution in [2.24, 2.45) is 5.84 Å². The minimum absolute atomic E-state index is 0.0771. The summed E-state index contributed by atoms with van der Waals surface area (Å²) in [6, 6.07) is 7.26. The lowest BCUT2D eigenvalue weighted by Gasteiger charge is -2.42. The van der Waals surface area contributed by atoms with E-state index in [0.717, 1.165) is 12.8 Å². The van der Waals surface area contributed by atoms with Gasteiger partial charge in [0.25, 0.3) is 0 Å². The predicted octanol–water partition coefficient (Wildman–Crippen LogP) is 2.51. The topological polar surface area (TPSA) is 47.3 Å². The van der Waals surface area contributed by atoms with Gasteiger partial charge in [-0.25, -0.2) is 0 Å². The highest BCUT2D eigenvalue weighted by atomic mass is 16.5. The second-order valence-corrected chi connectivity index (χ2v) is 6.47. The zero-order valence-electron chi connectivity index (χ0n) is 12.5. The molecule has 1 atom stereocenters. The lowest BCUT2D eigenvalue weighted by Crippen LogP contribution is -2.48. The summed E-state index contributed by atoms with van der Waals surface area (Å²) >= 11 is 0. The Kier molecular flexibility index (Phi) is 4.11. The summed E-state index contributed by atoms with van der Waals surface area (Å²) in [4.78, 5) is 0. The number of benzene rings is 1. The molecule has 0 aliphatic heterocycles. The van der Waals surface area contributed by atoms with Crippen LogP contribution in [0.5, 0.6) is 0 Å². The van der Waals surface area contributed by atoms with Crippen molar-refractivity contribution in [1.82, 2.24) is 5.43 Å². The number of fused-ring (bicyclic) bond motifs is 1. The van der Waals surface area contributed by atoms with E-state index in [1.54, 1.807) is 11.1 Å². The van der Waals surface area contributed by atoms with E-state index in [1.807, 2.05) is 7.11 Å². The summed E-state index contributed by atoms with van der Waals surface area (Å²) in [5, 5.41) is 0. The first kappa shape index (κ1) is 14.1. The van der Waals surface area contributed by atoms with E-state index in [0.29, 0.717) is 6.04 Å². The van der Waals surface area contributed by atoms with Crippen molar-refractivity contribution in [2.45, 2.75) is 63.0 Å². The van der Waals surface area contributed by atoms with E-state index in [-0.39, 0.29) is 5.60 Å². The van der Waals surface area contributed by atoms with Crippen LogP contribution >= 0.6 is 0 Å². The summed E-state index contributed by atoms with van der Waals surface area (Å²) in [5.41, 5.74) is 7.56. The number of nitrogens with one attached hydrogen (secondary N) is 1. The molecule has 1 aromatic rings. The van der Waals surface area contributed by atoms with Gasteiger partial charge in [0.2, 0.25) is 0 Å². The molecule has 2 aliphatic carbocycles.